The monoisotopic (exact) mass is 519 g/mol. The minimum atomic E-state index is -1.85. The molecule has 2 aliphatic rings. The van der Waals surface area contributed by atoms with Gasteiger partial charge in [-0.05, 0) is 19.1 Å². The lowest BCUT2D eigenvalue weighted by atomic mass is 9.83. The third kappa shape index (κ3) is 4.20. The van der Waals surface area contributed by atoms with Gasteiger partial charge in [0.15, 0.2) is 5.82 Å². The number of hydrogen-bond donors (Lipinski definition) is 1. The molecule has 1 aliphatic heterocycles. The Kier molecular flexibility index (Phi) is 5.90. The molecule has 1 fully saturated rings. The predicted octanol–water partition coefficient (Wildman–Crippen LogP) is 2.98. The van der Waals surface area contributed by atoms with Crippen LogP contribution in [0.1, 0.15) is 18.9 Å². The summed E-state index contributed by atoms with van der Waals surface area (Å²) in [5.74, 6) is 0.580. The second-order valence-corrected chi connectivity index (χ2v) is 9.73. The van der Waals surface area contributed by atoms with Crippen LogP contribution in [-0.4, -0.2) is 71.8 Å². The smallest absolute Gasteiger partial charge is 0.225 e. The van der Waals surface area contributed by atoms with E-state index in [0.29, 0.717) is 32.1 Å². The van der Waals surface area contributed by atoms with E-state index in [1.165, 1.54) is 31.5 Å². The van der Waals surface area contributed by atoms with Gasteiger partial charge in [0.2, 0.25) is 5.95 Å². The lowest BCUT2D eigenvalue weighted by Crippen LogP contribution is -2.47. The van der Waals surface area contributed by atoms with E-state index in [1.807, 2.05) is 35.1 Å². The highest BCUT2D eigenvalue weighted by Crippen LogP contribution is 2.38. The maximum atomic E-state index is 14.4. The number of anilines is 2. The van der Waals surface area contributed by atoms with Crippen molar-refractivity contribution in [3.8, 4) is 11.1 Å². The zero-order chi connectivity index (χ0) is 26.4. The molecule has 4 aromatic heterocycles. The summed E-state index contributed by atoms with van der Waals surface area (Å²) in [4.78, 5) is 17.6. The van der Waals surface area contributed by atoms with Gasteiger partial charge in [-0.1, -0.05) is 6.08 Å². The minimum absolute atomic E-state index is 0.0226. The first-order valence-corrected chi connectivity index (χ1v) is 12.4. The first kappa shape index (κ1) is 24.2. The second kappa shape index (κ2) is 9.28. The molecule has 0 aromatic carbocycles. The van der Waals surface area contributed by atoms with Gasteiger partial charge in [-0.25, -0.2) is 28.2 Å². The van der Waals surface area contributed by atoms with E-state index >= 15 is 0 Å². The molecule has 1 aliphatic carbocycles. The molecule has 2 unspecified atom stereocenters. The molecule has 5 heterocycles. The first-order valence-electron chi connectivity index (χ1n) is 12.4. The van der Waals surface area contributed by atoms with E-state index in [1.54, 1.807) is 11.0 Å². The van der Waals surface area contributed by atoms with Gasteiger partial charge < -0.3 is 14.9 Å². The van der Waals surface area contributed by atoms with Gasteiger partial charge in [-0.15, -0.1) is 0 Å². The molecule has 10 nitrogen and oxygen atoms in total. The lowest BCUT2D eigenvalue weighted by Gasteiger charge is -2.35. The van der Waals surface area contributed by atoms with E-state index < -0.39 is 17.6 Å². The molecular formula is C26H27F2N9O. The highest BCUT2D eigenvalue weighted by molar-refractivity contribution is 5.77. The molecule has 1 saturated heterocycles. The van der Waals surface area contributed by atoms with Gasteiger partial charge in [0.1, 0.15) is 29.4 Å². The molecule has 6 rings (SSSR count). The number of fused-ring (bicyclic) bond motifs is 1. The van der Waals surface area contributed by atoms with E-state index in [9.17, 15) is 13.9 Å². The van der Waals surface area contributed by atoms with Crippen LogP contribution in [0.3, 0.4) is 0 Å². The van der Waals surface area contributed by atoms with Crippen LogP contribution in [0.5, 0.6) is 0 Å². The number of allylic oxidation sites excluding steroid dienone is 3. The summed E-state index contributed by atoms with van der Waals surface area (Å²) >= 11 is 0. The van der Waals surface area contributed by atoms with Gasteiger partial charge in [0.25, 0.3) is 0 Å². The maximum absolute atomic E-state index is 14.4. The number of aryl methyl sites for hydroxylation is 1. The molecule has 1 N–H and O–H groups in total. The number of nitrogens with zero attached hydrogens (tertiary/aromatic N) is 9. The summed E-state index contributed by atoms with van der Waals surface area (Å²) in [7, 11) is 1.88. The molecule has 38 heavy (non-hydrogen) atoms. The Morgan fingerprint density at radius 2 is 1.71 bits per heavy atom. The Morgan fingerprint density at radius 1 is 0.974 bits per heavy atom. The zero-order valence-electron chi connectivity index (χ0n) is 21.0. The highest BCUT2D eigenvalue weighted by Gasteiger charge is 2.38. The largest absolute Gasteiger partial charge is 0.381 e. The quantitative estimate of drug-likeness (QED) is 0.430. The Bertz CT molecular complexity index is 1530. The molecule has 0 amide bonds. The van der Waals surface area contributed by atoms with Crippen LogP contribution in [0.2, 0.25) is 0 Å². The molecule has 12 heteroatoms. The summed E-state index contributed by atoms with van der Waals surface area (Å²) in [6.07, 6.45) is 11.2. The minimum Gasteiger partial charge on any atom is -0.381 e. The van der Waals surface area contributed by atoms with Crippen molar-refractivity contribution in [2.24, 2.45) is 7.05 Å². The van der Waals surface area contributed by atoms with Crippen molar-refractivity contribution in [1.29, 1.82) is 0 Å². The average Bonchev–Trinajstić information content (AvgIpc) is 3.55. The molecular weight excluding hydrogens is 492 g/mol. The number of halogens is 2. The fraction of sp³-hybridized carbons (Fsp3) is 0.346. The van der Waals surface area contributed by atoms with E-state index in [4.69, 9.17) is 0 Å². The molecule has 0 saturated carbocycles. The zero-order valence-corrected chi connectivity index (χ0v) is 21.0. The number of piperazine rings is 1. The van der Waals surface area contributed by atoms with Crippen LogP contribution in [-0.2, 0) is 12.6 Å². The topological polar surface area (TPSA) is 100 Å². The van der Waals surface area contributed by atoms with Crippen molar-refractivity contribution in [2.75, 3.05) is 36.0 Å². The van der Waals surface area contributed by atoms with Crippen molar-refractivity contribution >= 4 is 17.3 Å². The Balaban J connectivity index is 1.17. The number of aliphatic hydroxyl groups is 1. The maximum Gasteiger partial charge on any atom is 0.225 e. The van der Waals surface area contributed by atoms with Crippen molar-refractivity contribution in [3.05, 3.63) is 72.5 Å². The fourth-order valence-electron chi connectivity index (χ4n) is 5.08. The Labute approximate surface area is 217 Å². The third-order valence-corrected chi connectivity index (χ3v) is 7.19. The van der Waals surface area contributed by atoms with Crippen LogP contribution in [0.25, 0.3) is 16.6 Å². The normalized spacial score (nSPS) is 19.9. The predicted molar refractivity (Wildman–Crippen MR) is 138 cm³/mol. The number of alkyl halides is 1. The molecule has 2 atom stereocenters. The number of rotatable bonds is 5. The SMILES string of the molecule is Cn1cc(-c2cc3c(N4CCN(c5ncc(C(C)(O)C6=C(F)C=CCC6F)cn5)CC4)ncnn3c2)cn1. The lowest BCUT2D eigenvalue weighted by molar-refractivity contribution is 0.0750. The van der Waals surface area contributed by atoms with Gasteiger partial charge >= 0.3 is 0 Å². The summed E-state index contributed by atoms with van der Waals surface area (Å²) < 4.78 is 32.4. The summed E-state index contributed by atoms with van der Waals surface area (Å²) in [5, 5.41) is 19.6. The van der Waals surface area contributed by atoms with Crippen LogP contribution < -0.4 is 9.80 Å². The van der Waals surface area contributed by atoms with Crippen LogP contribution in [0.4, 0.5) is 20.5 Å². The van der Waals surface area contributed by atoms with Crippen LogP contribution in [0.15, 0.2) is 66.9 Å². The van der Waals surface area contributed by atoms with Gasteiger partial charge in [0, 0.05) is 86.7 Å². The highest BCUT2D eigenvalue weighted by atomic mass is 19.1. The first-order chi connectivity index (χ1) is 18.3. The van der Waals surface area contributed by atoms with Gasteiger partial charge in [0.05, 0.1) is 6.20 Å². The summed E-state index contributed by atoms with van der Waals surface area (Å²) in [5.41, 5.74) is 1.03. The van der Waals surface area contributed by atoms with E-state index in [0.717, 1.165) is 22.5 Å². The van der Waals surface area contributed by atoms with Crippen molar-refractivity contribution in [2.45, 2.75) is 25.1 Å². The molecule has 0 spiro atoms. The van der Waals surface area contributed by atoms with Crippen LogP contribution >= 0.6 is 0 Å². The second-order valence-electron chi connectivity index (χ2n) is 9.73. The van der Waals surface area contributed by atoms with Gasteiger partial charge in [-0.2, -0.15) is 10.2 Å². The van der Waals surface area contributed by atoms with Crippen molar-refractivity contribution in [3.63, 3.8) is 0 Å². The number of hydrogen-bond acceptors (Lipinski definition) is 8. The van der Waals surface area contributed by atoms with Gasteiger partial charge in [-0.3, -0.25) is 4.68 Å². The Morgan fingerprint density at radius 3 is 2.39 bits per heavy atom. The standard InChI is InChI=1S/C26H27F2N9O/c1-26(38,23-20(27)4-3-5-21(23)28)19-12-29-25(30-13-19)36-8-6-35(7-9-36)24-22-10-17(15-37(22)33-16-31-24)18-11-32-34(2)14-18/h3-4,10-16,21,38H,5-9H2,1-2H3. The molecule has 0 bridgehead atoms. The third-order valence-electron chi connectivity index (χ3n) is 7.19. The fourth-order valence-corrected chi connectivity index (χ4v) is 5.08. The van der Waals surface area contributed by atoms with E-state index in [-0.39, 0.29) is 17.6 Å². The van der Waals surface area contributed by atoms with Crippen LogP contribution in [0, 0.1) is 0 Å². The average molecular weight is 520 g/mol. The molecule has 196 valence electrons. The number of aromatic nitrogens is 7. The summed E-state index contributed by atoms with van der Waals surface area (Å²) in [6, 6.07) is 2.06. The van der Waals surface area contributed by atoms with E-state index in [2.05, 4.69) is 36.1 Å². The Hall–Kier alpha value is -4.19. The molecule has 4 aromatic rings. The van der Waals surface area contributed by atoms with Crippen molar-refractivity contribution in [1.82, 2.24) is 34.3 Å². The van der Waals surface area contributed by atoms with Crippen molar-refractivity contribution < 1.29 is 13.9 Å². The molecule has 0 radical (unpaired) electrons. The summed E-state index contributed by atoms with van der Waals surface area (Å²) in [6.45, 7) is 4.06.